The molecular weight excluding hydrogens is 192 g/mol. The van der Waals surface area contributed by atoms with Gasteiger partial charge in [0.1, 0.15) is 0 Å². The first-order chi connectivity index (χ1) is 7.08. The van der Waals surface area contributed by atoms with E-state index in [-0.39, 0.29) is 18.1 Å². The Balaban J connectivity index is 1.94. The van der Waals surface area contributed by atoms with Crippen LogP contribution in [-0.2, 0) is 4.79 Å². The van der Waals surface area contributed by atoms with Crippen molar-refractivity contribution in [2.75, 3.05) is 6.54 Å². The summed E-state index contributed by atoms with van der Waals surface area (Å²) >= 11 is 0. The van der Waals surface area contributed by atoms with Gasteiger partial charge in [-0.2, -0.15) is 0 Å². The van der Waals surface area contributed by atoms with Gasteiger partial charge in [0.25, 0.3) is 0 Å². The smallest absolute Gasteiger partial charge is 0.220 e. The number of rotatable bonds is 6. The SMILES string of the molecule is CC(C)NCCCC(=O)NC1CC(O)C1. The highest BCUT2D eigenvalue weighted by atomic mass is 16.3. The van der Waals surface area contributed by atoms with Crippen LogP contribution < -0.4 is 10.6 Å². The minimum Gasteiger partial charge on any atom is -0.393 e. The number of nitrogens with one attached hydrogen (secondary N) is 2. The Hall–Kier alpha value is -0.610. The lowest BCUT2D eigenvalue weighted by atomic mass is 9.89. The molecule has 0 aliphatic heterocycles. The first-order valence-electron chi connectivity index (χ1n) is 5.78. The summed E-state index contributed by atoms with van der Waals surface area (Å²) in [5, 5.41) is 15.2. The van der Waals surface area contributed by atoms with Crippen molar-refractivity contribution in [3.05, 3.63) is 0 Å². The first-order valence-corrected chi connectivity index (χ1v) is 5.78. The van der Waals surface area contributed by atoms with E-state index in [1.165, 1.54) is 0 Å². The molecule has 1 fully saturated rings. The summed E-state index contributed by atoms with van der Waals surface area (Å²) in [7, 11) is 0. The van der Waals surface area contributed by atoms with Crippen LogP contribution in [0.1, 0.15) is 39.5 Å². The topological polar surface area (TPSA) is 61.4 Å². The summed E-state index contributed by atoms with van der Waals surface area (Å²) in [6.07, 6.45) is 2.69. The maximum atomic E-state index is 11.4. The van der Waals surface area contributed by atoms with Crippen molar-refractivity contribution in [2.45, 2.75) is 57.7 Å². The lowest BCUT2D eigenvalue weighted by Gasteiger charge is -2.31. The third-order valence-electron chi connectivity index (χ3n) is 2.61. The summed E-state index contributed by atoms with van der Waals surface area (Å²) in [4.78, 5) is 11.4. The summed E-state index contributed by atoms with van der Waals surface area (Å²) < 4.78 is 0. The fraction of sp³-hybridized carbons (Fsp3) is 0.909. The number of aliphatic hydroxyl groups excluding tert-OH is 1. The van der Waals surface area contributed by atoms with Gasteiger partial charge in [0, 0.05) is 18.5 Å². The van der Waals surface area contributed by atoms with Crippen LogP contribution in [0, 0.1) is 0 Å². The summed E-state index contributed by atoms with van der Waals surface area (Å²) in [6, 6.07) is 0.695. The van der Waals surface area contributed by atoms with Crippen LogP contribution in [0.4, 0.5) is 0 Å². The third kappa shape index (κ3) is 5.14. The molecule has 0 saturated heterocycles. The van der Waals surface area contributed by atoms with Crippen molar-refractivity contribution < 1.29 is 9.90 Å². The molecule has 1 aliphatic carbocycles. The van der Waals surface area contributed by atoms with Crippen LogP contribution in [0.2, 0.25) is 0 Å². The van der Waals surface area contributed by atoms with E-state index in [4.69, 9.17) is 5.11 Å². The molecule has 4 nitrogen and oxygen atoms in total. The van der Waals surface area contributed by atoms with Crippen molar-refractivity contribution in [2.24, 2.45) is 0 Å². The Morgan fingerprint density at radius 3 is 2.67 bits per heavy atom. The number of aliphatic hydroxyl groups is 1. The normalized spacial score (nSPS) is 25.1. The van der Waals surface area contributed by atoms with Gasteiger partial charge in [0.05, 0.1) is 6.10 Å². The van der Waals surface area contributed by atoms with Crippen molar-refractivity contribution in [1.82, 2.24) is 10.6 Å². The summed E-state index contributed by atoms with van der Waals surface area (Å²) in [5.41, 5.74) is 0. The Labute approximate surface area is 91.4 Å². The number of carbonyl (C=O) groups is 1. The molecule has 4 heteroatoms. The number of amides is 1. The van der Waals surface area contributed by atoms with E-state index in [1.54, 1.807) is 0 Å². The van der Waals surface area contributed by atoms with Gasteiger partial charge in [-0.3, -0.25) is 4.79 Å². The maximum Gasteiger partial charge on any atom is 0.220 e. The van der Waals surface area contributed by atoms with E-state index in [2.05, 4.69) is 24.5 Å². The monoisotopic (exact) mass is 214 g/mol. The molecule has 1 aliphatic rings. The minimum atomic E-state index is -0.196. The molecule has 0 spiro atoms. The zero-order valence-electron chi connectivity index (χ0n) is 9.62. The largest absolute Gasteiger partial charge is 0.393 e. The number of hydrogen-bond acceptors (Lipinski definition) is 3. The highest BCUT2D eigenvalue weighted by Crippen LogP contribution is 2.19. The third-order valence-corrected chi connectivity index (χ3v) is 2.61. The van der Waals surface area contributed by atoms with Crippen LogP contribution >= 0.6 is 0 Å². The van der Waals surface area contributed by atoms with Crippen molar-refractivity contribution in [3.8, 4) is 0 Å². The van der Waals surface area contributed by atoms with Crippen molar-refractivity contribution in [3.63, 3.8) is 0 Å². The molecule has 0 unspecified atom stereocenters. The Bertz CT molecular complexity index is 201. The Kier molecular flexibility index (Phi) is 5.05. The van der Waals surface area contributed by atoms with Gasteiger partial charge in [-0.1, -0.05) is 13.8 Å². The van der Waals surface area contributed by atoms with Gasteiger partial charge in [-0.05, 0) is 25.8 Å². The van der Waals surface area contributed by atoms with E-state index in [0.717, 1.165) is 25.8 Å². The first kappa shape index (κ1) is 12.5. The summed E-state index contributed by atoms with van der Waals surface area (Å²) in [5.74, 6) is 0.109. The molecule has 1 saturated carbocycles. The van der Waals surface area contributed by atoms with Crippen LogP contribution in [0.15, 0.2) is 0 Å². The number of hydrogen-bond donors (Lipinski definition) is 3. The highest BCUT2D eigenvalue weighted by Gasteiger charge is 2.27. The molecule has 0 aromatic heterocycles. The zero-order valence-corrected chi connectivity index (χ0v) is 9.62. The molecule has 0 radical (unpaired) electrons. The predicted octanol–water partition coefficient (Wildman–Crippen LogP) is 0.404. The van der Waals surface area contributed by atoms with Gasteiger partial charge >= 0.3 is 0 Å². The second-order valence-corrected chi connectivity index (χ2v) is 4.60. The molecule has 0 aromatic carbocycles. The molecule has 1 amide bonds. The fourth-order valence-electron chi connectivity index (χ4n) is 1.65. The van der Waals surface area contributed by atoms with E-state index >= 15 is 0 Å². The molecule has 0 bridgehead atoms. The van der Waals surface area contributed by atoms with E-state index < -0.39 is 0 Å². The Morgan fingerprint density at radius 2 is 2.13 bits per heavy atom. The van der Waals surface area contributed by atoms with Crippen molar-refractivity contribution >= 4 is 5.91 Å². The second-order valence-electron chi connectivity index (χ2n) is 4.60. The maximum absolute atomic E-state index is 11.4. The van der Waals surface area contributed by atoms with Gasteiger partial charge in [-0.25, -0.2) is 0 Å². The standard InChI is InChI=1S/C11H22N2O2/c1-8(2)12-5-3-4-11(15)13-9-6-10(14)7-9/h8-10,12,14H,3-7H2,1-2H3,(H,13,15). The average Bonchev–Trinajstić information content (AvgIpc) is 2.10. The van der Waals surface area contributed by atoms with Crippen LogP contribution in [0.3, 0.4) is 0 Å². The lowest BCUT2D eigenvalue weighted by molar-refractivity contribution is -0.123. The van der Waals surface area contributed by atoms with Crippen LogP contribution in [-0.4, -0.2) is 35.7 Å². The van der Waals surface area contributed by atoms with E-state index in [0.29, 0.717) is 12.5 Å². The zero-order chi connectivity index (χ0) is 11.3. The minimum absolute atomic E-state index is 0.109. The quantitative estimate of drug-likeness (QED) is 0.561. The van der Waals surface area contributed by atoms with Gasteiger partial charge < -0.3 is 15.7 Å². The molecular formula is C11H22N2O2. The van der Waals surface area contributed by atoms with Gasteiger partial charge in [-0.15, -0.1) is 0 Å². The van der Waals surface area contributed by atoms with Crippen LogP contribution in [0.5, 0.6) is 0 Å². The van der Waals surface area contributed by atoms with Crippen molar-refractivity contribution in [1.29, 1.82) is 0 Å². The van der Waals surface area contributed by atoms with Gasteiger partial charge in [0.15, 0.2) is 0 Å². The molecule has 15 heavy (non-hydrogen) atoms. The fourth-order valence-corrected chi connectivity index (χ4v) is 1.65. The molecule has 3 N–H and O–H groups in total. The average molecular weight is 214 g/mol. The summed E-state index contributed by atoms with van der Waals surface area (Å²) in [6.45, 7) is 5.07. The lowest BCUT2D eigenvalue weighted by Crippen LogP contribution is -2.46. The number of carbonyl (C=O) groups excluding carboxylic acids is 1. The molecule has 1 rings (SSSR count). The molecule has 0 heterocycles. The molecule has 0 aromatic rings. The Morgan fingerprint density at radius 1 is 1.47 bits per heavy atom. The molecule has 0 atom stereocenters. The predicted molar refractivity (Wildman–Crippen MR) is 59.5 cm³/mol. The second kappa shape index (κ2) is 6.08. The van der Waals surface area contributed by atoms with E-state index in [1.807, 2.05) is 0 Å². The molecule has 88 valence electrons. The van der Waals surface area contributed by atoms with Gasteiger partial charge in [0.2, 0.25) is 5.91 Å². The van der Waals surface area contributed by atoms with Crippen LogP contribution in [0.25, 0.3) is 0 Å². The van der Waals surface area contributed by atoms with E-state index in [9.17, 15) is 4.79 Å². The highest BCUT2D eigenvalue weighted by molar-refractivity contribution is 5.76.